The second kappa shape index (κ2) is 9.24. The number of aromatic nitrogens is 3. The van der Waals surface area contributed by atoms with Crippen LogP contribution in [0.4, 0.5) is 21.1 Å². The van der Waals surface area contributed by atoms with Crippen molar-refractivity contribution >= 4 is 29.6 Å². The molecule has 0 saturated carbocycles. The molecule has 1 aliphatic heterocycles. The van der Waals surface area contributed by atoms with Crippen molar-refractivity contribution in [1.29, 1.82) is 0 Å². The first kappa shape index (κ1) is 24.9. The lowest BCUT2D eigenvalue weighted by Crippen LogP contribution is -2.45. The van der Waals surface area contributed by atoms with Crippen LogP contribution in [-0.4, -0.2) is 57.4 Å². The highest BCUT2D eigenvalue weighted by atomic mass is 16.6. The smallest absolute Gasteiger partial charge is 0.425 e. The third kappa shape index (κ3) is 5.77. The quantitative estimate of drug-likeness (QED) is 0.641. The zero-order valence-electron chi connectivity index (χ0n) is 20.4. The van der Waals surface area contributed by atoms with E-state index in [4.69, 9.17) is 14.2 Å². The van der Waals surface area contributed by atoms with Crippen LogP contribution in [-0.2, 0) is 9.47 Å². The summed E-state index contributed by atoms with van der Waals surface area (Å²) >= 11 is 0. The fourth-order valence-electron chi connectivity index (χ4n) is 3.03. The largest absolute Gasteiger partial charge is 0.475 e. The van der Waals surface area contributed by atoms with E-state index in [2.05, 4.69) is 15.0 Å². The number of anilines is 2. The van der Waals surface area contributed by atoms with Gasteiger partial charge in [-0.2, -0.15) is 4.90 Å². The Hall–Kier alpha value is -3.76. The Balaban J connectivity index is 2.13. The highest BCUT2D eigenvalue weighted by Gasteiger charge is 2.39. The van der Waals surface area contributed by atoms with Gasteiger partial charge in [-0.3, -0.25) is 9.78 Å². The molecule has 11 nitrogen and oxygen atoms in total. The van der Waals surface area contributed by atoms with Gasteiger partial charge < -0.3 is 19.1 Å². The summed E-state index contributed by atoms with van der Waals surface area (Å²) in [6.07, 6.45) is 0.555. The van der Waals surface area contributed by atoms with Gasteiger partial charge in [0.15, 0.2) is 5.82 Å². The molecule has 0 fully saturated rings. The van der Waals surface area contributed by atoms with Gasteiger partial charge in [0, 0.05) is 5.69 Å². The third-order valence-electron chi connectivity index (χ3n) is 4.38. The summed E-state index contributed by atoms with van der Waals surface area (Å²) in [4.78, 5) is 54.3. The number of carbonyl (C=O) groups is 3. The normalized spacial score (nSPS) is 14.0. The van der Waals surface area contributed by atoms with Crippen LogP contribution in [0.25, 0.3) is 0 Å². The number of ether oxygens (including phenoxy) is 3. The predicted molar refractivity (Wildman–Crippen MR) is 123 cm³/mol. The van der Waals surface area contributed by atoms with Gasteiger partial charge >= 0.3 is 12.2 Å². The van der Waals surface area contributed by atoms with Crippen LogP contribution in [0.15, 0.2) is 24.7 Å². The number of hydrogen-bond acceptors (Lipinski definition) is 9. The van der Waals surface area contributed by atoms with Gasteiger partial charge in [-0.15, -0.1) is 0 Å². The van der Waals surface area contributed by atoms with Crippen molar-refractivity contribution in [3.63, 3.8) is 0 Å². The standard InChI is InChI=1S/C23H29N5O6/c1-14-8-9-15(12-24-14)27-10-11-32-18-16(19(27)29)17(25-13-26-18)28(20(30)33-22(2,3)4)21(31)34-23(5,6)7/h8-9,12-13H,10-11H2,1-7H3. The molecule has 0 aromatic carbocycles. The molecule has 182 valence electrons. The van der Waals surface area contributed by atoms with Crippen LogP contribution >= 0.6 is 0 Å². The lowest BCUT2D eigenvalue weighted by Gasteiger charge is -2.29. The van der Waals surface area contributed by atoms with Crippen molar-refractivity contribution in [2.24, 2.45) is 0 Å². The molecule has 1 aliphatic rings. The average Bonchev–Trinajstić information content (AvgIpc) is 2.85. The number of hydrogen-bond donors (Lipinski definition) is 0. The minimum Gasteiger partial charge on any atom is -0.475 e. The average molecular weight is 472 g/mol. The Morgan fingerprint density at radius 2 is 1.62 bits per heavy atom. The Labute approximate surface area is 198 Å². The molecule has 0 saturated heterocycles. The summed E-state index contributed by atoms with van der Waals surface area (Å²) in [5.41, 5.74) is -0.726. The molecule has 0 atom stereocenters. The number of aryl methyl sites for hydroxylation is 1. The van der Waals surface area contributed by atoms with Crippen molar-refractivity contribution in [2.75, 3.05) is 23.0 Å². The van der Waals surface area contributed by atoms with Gasteiger partial charge in [-0.25, -0.2) is 19.6 Å². The number of amides is 3. The minimum atomic E-state index is -1.05. The fourth-order valence-corrected chi connectivity index (χ4v) is 3.03. The lowest BCUT2D eigenvalue weighted by atomic mass is 10.2. The Morgan fingerprint density at radius 1 is 1.00 bits per heavy atom. The molecule has 0 aliphatic carbocycles. The molecule has 2 aromatic rings. The minimum absolute atomic E-state index is 0.0605. The van der Waals surface area contributed by atoms with E-state index in [1.807, 2.05) is 6.92 Å². The van der Waals surface area contributed by atoms with E-state index in [9.17, 15) is 14.4 Å². The molecule has 0 bridgehead atoms. The highest BCUT2D eigenvalue weighted by Crippen LogP contribution is 2.32. The molecular formula is C23H29N5O6. The number of nitrogens with zero attached hydrogens (tertiary/aromatic N) is 5. The maximum atomic E-state index is 13.7. The van der Waals surface area contributed by atoms with Crippen molar-refractivity contribution in [3.05, 3.63) is 35.9 Å². The van der Waals surface area contributed by atoms with Crippen LogP contribution in [0, 0.1) is 6.92 Å². The summed E-state index contributed by atoms with van der Waals surface area (Å²) in [6.45, 7) is 12.1. The first-order valence-corrected chi connectivity index (χ1v) is 10.8. The van der Waals surface area contributed by atoms with Gasteiger partial charge in [0.25, 0.3) is 5.91 Å². The van der Waals surface area contributed by atoms with E-state index in [0.717, 1.165) is 12.0 Å². The molecule has 0 radical (unpaired) electrons. The Morgan fingerprint density at radius 3 is 2.15 bits per heavy atom. The SMILES string of the molecule is Cc1ccc(N2CCOc3ncnc(N(C(=O)OC(C)(C)C)C(=O)OC(C)(C)C)c3C2=O)cn1. The van der Waals surface area contributed by atoms with Crippen LogP contribution in [0.2, 0.25) is 0 Å². The Bertz CT molecular complexity index is 1060. The monoisotopic (exact) mass is 471 g/mol. The number of fused-ring (bicyclic) bond motifs is 1. The van der Waals surface area contributed by atoms with E-state index >= 15 is 0 Å². The number of imide groups is 1. The fraction of sp³-hybridized carbons (Fsp3) is 0.478. The number of carbonyl (C=O) groups excluding carboxylic acids is 3. The summed E-state index contributed by atoms with van der Waals surface area (Å²) in [6, 6.07) is 3.51. The summed E-state index contributed by atoms with van der Waals surface area (Å²) in [5, 5.41) is 0. The van der Waals surface area contributed by atoms with E-state index in [1.54, 1.807) is 59.9 Å². The molecule has 0 spiro atoms. The van der Waals surface area contributed by atoms with Crippen molar-refractivity contribution in [1.82, 2.24) is 15.0 Å². The molecule has 11 heteroatoms. The number of rotatable bonds is 2. The maximum Gasteiger partial charge on any atom is 0.425 e. The third-order valence-corrected chi connectivity index (χ3v) is 4.38. The zero-order chi connectivity index (χ0) is 25.3. The second-order valence-electron chi connectivity index (χ2n) is 9.64. The van der Waals surface area contributed by atoms with Gasteiger partial charge in [0.1, 0.15) is 29.7 Å². The van der Waals surface area contributed by atoms with Crippen molar-refractivity contribution in [3.8, 4) is 5.88 Å². The highest BCUT2D eigenvalue weighted by molar-refractivity contribution is 6.17. The topological polar surface area (TPSA) is 124 Å². The number of pyridine rings is 1. The van der Waals surface area contributed by atoms with Crippen LogP contribution in [0.5, 0.6) is 5.88 Å². The summed E-state index contributed by atoms with van der Waals surface area (Å²) in [7, 11) is 0. The van der Waals surface area contributed by atoms with E-state index < -0.39 is 29.3 Å². The zero-order valence-corrected chi connectivity index (χ0v) is 20.4. The maximum absolute atomic E-state index is 13.7. The molecule has 34 heavy (non-hydrogen) atoms. The van der Waals surface area contributed by atoms with Crippen LogP contribution in [0.3, 0.4) is 0 Å². The lowest BCUT2D eigenvalue weighted by molar-refractivity contribution is 0.0429. The second-order valence-corrected chi connectivity index (χ2v) is 9.64. The van der Waals surface area contributed by atoms with Crippen LogP contribution < -0.4 is 14.5 Å². The van der Waals surface area contributed by atoms with Gasteiger partial charge in [0.2, 0.25) is 5.88 Å². The summed E-state index contributed by atoms with van der Waals surface area (Å²) in [5.74, 6) is -0.925. The van der Waals surface area contributed by atoms with Crippen LogP contribution in [0.1, 0.15) is 57.6 Å². The molecule has 3 rings (SSSR count). The summed E-state index contributed by atoms with van der Waals surface area (Å²) < 4.78 is 16.5. The van der Waals surface area contributed by atoms with Crippen molar-refractivity contribution < 1.29 is 28.6 Å². The molecule has 3 amide bonds. The van der Waals surface area contributed by atoms with Crippen molar-refractivity contribution in [2.45, 2.75) is 59.7 Å². The Kier molecular flexibility index (Phi) is 6.76. The molecular weight excluding hydrogens is 442 g/mol. The molecule has 2 aromatic heterocycles. The van der Waals surface area contributed by atoms with Gasteiger partial charge in [-0.1, -0.05) is 0 Å². The van der Waals surface area contributed by atoms with Gasteiger partial charge in [0.05, 0.1) is 18.4 Å². The first-order chi connectivity index (χ1) is 15.8. The molecule has 3 heterocycles. The predicted octanol–water partition coefficient (Wildman–Crippen LogP) is 3.90. The van der Waals surface area contributed by atoms with E-state index in [0.29, 0.717) is 10.6 Å². The van der Waals surface area contributed by atoms with Gasteiger partial charge in [-0.05, 0) is 60.6 Å². The molecule has 0 unspecified atom stereocenters. The van der Waals surface area contributed by atoms with E-state index in [1.165, 1.54) is 4.90 Å². The first-order valence-electron chi connectivity index (χ1n) is 10.8. The van der Waals surface area contributed by atoms with E-state index in [-0.39, 0.29) is 30.4 Å². The molecule has 0 N–H and O–H groups in total.